The number of nitrogens with zero attached hydrogens (tertiary/aromatic N) is 1. The molecule has 0 radical (unpaired) electrons. The first-order valence-electron chi connectivity index (χ1n) is 4.82. The third kappa shape index (κ3) is 3.20. The van der Waals surface area contributed by atoms with Gasteiger partial charge >= 0.3 is 0 Å². The average molecular weight is 207 g/mol. The summed E-state index contributed by atoms with van der Waals surface area (Å²) < 4.78 is 12.6. The lowest BCUT2D eigenvalue weighted by Gasteiger charge is -2.01. The average Bonchev–Trinajstić information content (AvgIpc) is 2.23. The van der Waals surface area contributed by atoms with Gasteiger partial charge in [-0.3, -0.25) is 0 Å². The van der Waals surface area contributed by atoms with Gasteiger partial charge < -0.3 is 5.21 Å². The largest absolute Gasteiger partial charge is 0.411 e. The monoisotopic (exact) mass is 207 g/mol. The van der Waals surface area contributed by atoms with E-state index in [9.17, 15) is 4.39 Å². The molecule has 80 valence electrons. The lowest BCUT2D eigenvalue weighted by atomic mass is 10.1. The molecule has 0 aliphatic carbocycles. The molecule has 0 fully saturated rings. The van der Waals surface area contributed by atoms with Crippen molar-refractivity contribution in [3.8, 4) is 0 Å². The molecule has 0 bridgehead atoms. The Hall–Kier alpha value is -1.64. The van der Waals surface area contributed by atoms with Gasteiger partial charge in [-0.05, 0) is 36.6 Å². The van der Waals surface area contributed by atoms with E-state index < -0.39 is 0 Å². The maximum atomic E-state index is 12.6. The van der Waals surface area contributed by atoms with E-state index in [1.54, 1.807) is 12.1 Å². The van der Waals surface area contributed by atoms with Crippen molar-refractivity contribution in [1.82, 2.24) is 0 Å². The number of allylic oxidation sites excluding steroid dienone is 1. The van der Waals surface area contributed by atoms with Crippen molar-refractivity contribution in [3.05, 3.63) is 41.2 Å². The second-order valence-electron chi connectivity index (χ2n) is 3.28. The van der Waals surface area contributed by atoms with Crippen LogP contribution >= 0.6 is 0 Å². The van der Waals surface area contributed by atoms with Gasteiger partial charge in [0.2, 0.25) is 0 Å². The molecular formula is C12H14FNO. The molecule has 0 heterocycles. The maximum Gasteiger partial charge on any atom is 0.123 e. The van der Waals surface area contributed by atoms with Gasteiger partial charge in [0.05, 0.1) is 5.71 Å². The van der Waals surface area contributed by atoms with Crippen molar-refractivity contribution in [2.75, 3.05) is 0 Å². The molecule has 0 atom stereocenters. The van der Waals surface area contributed by atoms with E-state index in [1.807, 2.05) is 19.9 Å². The van der Waals surface area contributed by atoms with Crippen LogP contribution in [0.2, 0.25) is 0 Å². The Balaban J connectivity index is 2.92. The summed E-state index contributed by atoms with van der Waals surface area (Å²) >= 11 is 0. The van der Waals surface area contributed by atoms with Gasteiger partial charge in [0.15, 0.2) is 0 Å². The highest BCUT2D eigenvalue weighted by Crippen LogP contribution is 2.10. The van der Waals surface area contributed by atoms with Gasteiger partial charge in [-0.1, -0.05) is 30.3 Å². The van der Waals surface area contributed by atoms with Crippen LogP contribution in [-0.2, 0) is 0 Å². The molecule has 3 heteroatoms. The second kappa shape index (κ2) is 5.29. The smallest absolute Gasteiger partial charge is 0.123 e. The van der Waals surface area contributed by atoms with Crippen molar-refractivity contribution >= 4 is 11.8 Å². The van der Waals surface area contributed by atoms with E-state index >= 15 is 0 Å². The molecule has 15 heavy (non-hydrogen) atoms. The van der Waals surface area contributed by atoms with E-state index in [0.29, 0.717) is 12.1 Å². The molecule has 1 N–H and O–H groups in total. The Morgan fingerprint density at radius 3 is 2.47 bits per heavy atom. The van der Waals surface area contributed by atoms with Crippen molar-refractivity contribution in [1.29, 1.82) is 0 Å². The summed E-state index contributed by atoms with van der Waals surface area (Å²) in [5, 5.41) is 11.9. The van der Waals surface area contributed by atoms with Crippen LogP contribution in [0.1, 0.15) is 25.8 Å². The van der Waals surface area contributed by atoms with Crippen LogP contribution < -0.4 is 0 Å². The first-order chi connectivity index (χ1) is 7.17. The van der Waals surface area contributed by atoms with Crippen LogP contribution in [-0.4, -0.2) is 10.9 Å². The van der Waals surface area contributed by atoms with Crippen LogP contribution in [0, 0.1) is 5.82 Å². The summed E-state index contributed by atoms with van der Waals surface area (Å²) in [5.41, 5.74) is 2.41. The van der Waals surface area contributed by atoms with Crippen LogP contribution in [0.15, 0.2) is 35.0 Å². The fourth-order valence-corrected chi connectivity index (χ4v) is 1.32. The second-order valence-corrected chi connectivity index (χ2v) is 3.28. The molecule has 1 aromatic rings. The normalized spacial score (nSPS) is 13.0. The van der Waals surface area contributed by atoms with Crippen molar-refractivity contribution < 1.29 is 9.60 Å². The maximum absolute atomic E-state index is 12.6. The van der Waals surface area contributed by atoms with Gasteiger partial charge in [-0.2, -0.15) is 0 Å². The highest BCUT2D eigenvalue weighted by Gasteiger charge is 1.99. The minimum Gasteiger partial charge on any atom is -0.411 e. The first-order valence-corrected chi connectivity index (χ1v) is 4.82. The molecule has 1 aromatic carbocycles. The molecule has 0 aliphatic rings. The standard InChI is InChI=1S/C12H14FNO/c1-3-12(14-15)9(2)8-10-4-6-11(13)7-5-10/h4-8,15H,3H2,1-2H3/b9-8+,14-12?. The van der Waals surface area contributed by atoms with Crippen LogP contribution in [0.3, 0.4) is 0 Å². The van der Waals surface area contributed by atoms with Crippen molar-refractivity contribution in [2.45, 2.75) is 20.3 Å². The first kappa shape index (κ1) is 11.4. The predicted molar refractivity (Wildman–Crippen MR) is 59.6 cm³/mol. The zero-order chi connectivity index (χ0) is 11.3. The molecule has 0 saturated carbocycles. The third-order valence-corrected chi connectivity index (χ3v) is 2.16. The van der Waals surface area contributed by atoms with Gasteiger partial charge in [0.1, 0.15) is 5.82 Å². The summed E-state index contributed by atoms with van der Waals surface area (Å²) in [7, 11) is 0. The molecule has 2 nitrogen and oxygen atoms in total. The molecule has 0 saturated heterocycles. The molecule has 0 unspecified atom stereocenters. The van der Waals surface area contributed by atoms with E-state index in [1.165, 1.54) is 12.1 Å². The van der Waals surface area contributed by atoms with Gasteiger partial charge in [0, 0.05) is 0 Å². The molecule has 0 aromatic heterocycles. The molecule has 0 aliphatic heterocycles. The summed E-state index contributed by atoms with van der Waals surface area (Å²) in [4.78, 5) is 0. The fourth-order valence-electron chi connectivity index (χ4n) is 1.32. The lowest BCUT2D eigenvalue weighted by Crippen LogP contribution is -1.97. The quantitative estimate of drug-likeness (QED) is 0.459. The molecular weight excluding hydrogens is 193 g/mol. The topological polar surface area (TPSA) is 32.6 Å². The summed E-state index contributed by atoms with van der Waals surface area (Å²) in [6.07, 6.45) is 2.53. The molecule has 1 rings (SSSR count). The van der Waals surface area contributed by atoms with E-state index in [0.717, 1.165) is 11.1 Å². The zero-order valence-electron chi connectivity index (χ0n) is 8.87. The Labute approximate surface area is 88.7 Å². The fraction of sp³-hybridized carbons (Fsp3) is 0.250. The SMILES string of the molecule is CCC(=NO)/C(C)=C/c1ccc(F)cc1. The number of benzene rings is 1. The van der Waals surface area contributed by atoms with Crippen molar-refractivity contribution in [2.24, 2.45) is 5.16 Å². The van der Waals surface area contributed by atoms with Crippen molar-refractivity contribution in [3.63, 3.8) is 0 Å². The highest BCUT2D eigenvalue weighted by atomic mass is 19.1. The zero-order valence-corrected chi connectivity index (χ0v) is 8.87. The molecule has 0 amide bonds. The third-order valence-electron chi connectivity index (χ3n) is 2.16. The van der Waals surface area contributed by atoms with Gasteiger partial charge in [-0.25, -0.2) is 4.39 Å². The Morgan fingerprint density at radius 2 is 2.00 bits per heavy atom. The Morgan fingerprint density at radius 1 is 1.40 bits per heavy atom. The van der Waals surface area contributed by atoms with E-state index in [4.69, 9.17) is 5.21 Å². The highest BCUT2D eigenvalue weighted by molar-refractivity contribution is 6.02. The van der Waals surface area contributed by atoms with Gasteiger partial charge in [-0.15, -0.1) is 0 Å². The predicted octanol–water partition coefficient (Wildman–Crippen LogP) is 3.47. The minimum atomic E-state index is -0.253. The summed E-state index contributed by atoms with van der Waals surface area (Å²) in [6.45, 7) is 3.78. The minimum absolute atomic E-state index is 0.253. The van der Waals surface area contributed by atoms with E-state index in [2.05, 4.69) is 5.16 Å². The number of hydrogen-bond acceptors (Lipinski definition) is 2. The number of halogens is 1. The summed E-state index contributed by atoms with van der Waals surface area (Å²) in [6, 6.07) is 6.18. The Bertz CT molecular complexity index is 379. The number of hydrogen-bond donors (Lipinski definition) is 1. The number of rotatable bonds is 3. The lowest BCUT2D eigenvalue weighted by molar-refractivity contribution is 0.318. The Kier molecular flexibility index (Phi) is 4.03. The van der Waals surface area contributed by atoms with Crippen LogP contribution in [0.4, 0.5) is 4.39 Å². The molecule has 0 spiro atoms. The van der Waals surface area contributed by atoms with E-state index in [-0.39, 0.29) is 5.82 Å². The van der Waals surface area contributed by atoms with Crippen LogP contribution in [0.25, 0.3) is 6.08 Å². The summed E-state index contributed by atoms with van der Waals surface area (Å²) in [5.74, 6) is -0.253. The van der Waals surface area contributed by atoms with Gasteiger partial charge in [0.25, 0.3) is 0 Å². The van der Waals surface area contributed by atoms with Crippen LogP contribution in [0.5, 0.6) is 0 Å². The number of oxime groups is 1.